The first kappa shape index (κ1) is 16.4. The summed E-state index contributed by atoms with van der Waals surface area (Å²) in [6.07, 6.45) is 3.31. The lowest BCUT2D eigenvalue weighted by atomic mass is 10.4. The molecule has 1 atom stereocenters. The Bertz CT molecular complexity index is 802. The minimum absolute atomic E-state index is 0.186. The first-order valence-corrected chi connectivity index (χ1v) is 8.54. The maximum atomic E-state index is 12.3. The molecule has 7 nitrogen and oxygen atoms in total. The fourth-order valence-electron chi connectivity index (χ4n) is 1.96. The van der Waals surface area contributed by atoms with Gasteiger partial charge in [-0.3, -0.25) is 9.36 Å². The van der Waals surface area contributed by atoms with Gasteiger partial charge in [0.2, 0.25) is 5.91 Å². The number of carbonyl (C=O) groups is 1. The molecule has 0 unspecified atom stereocenters. The second-order valence-corrected chi connectivity index (χ2v) is 7.30. The van der Waals surface area contributed by atoms with E-state index < -0.39 is 5.25 Å². The predicted octanol–water partition coefficient (Wildman–Crippen LogP) is 2.73. The van der Waals surface area contributed by atoms with Crippen LogP contribution in [0.4, 0.5) is 5.82 Å². The Hall–Kier alpha value is -1.51. The van der Waals surface area contributed by atoms with Crippen molar-refractivity contribution in [1.82, 2.24) is 19.7 Å². The van der Waals surface area contributed by atoms with Crippen LogP contribution in [0.25, 0.3) is 0 Å². The minimum atomic E-state index is -0.476. The highest BCUT2D eigenvalue weighted by Crippen LogP contribution is 2.36. The van der Waals surface area contributed by atoms with E-state index in [1.807, 2.05) is 0 Å². The van der Waals surface area contributed by atoms with Crippen molar-refractivity contribution in [3.05, 3.63) is 32.8 Å². The maximum absolute atomic E-state index is 12.3. The number of aromatic amines is 1. The molecule has 10 heteroatoms. The molecule has 3 rings (SSSR count). The molecule has 1 saturated carbocycles. The van der Waals surface area contributed by atoms with Crippen LogP contribution in [0.5, 0.6) is 0 Å². The molecule has 0 bridgehead atoms. The topological polar surface area (TPSA) is 92.7 Å². The van der Waals surface area contributed by atoms with Gasteiger partial charge in [0, 0.05) is 12.2 Å². The van der Waals surface area contributed by atoms with Crippen LogP contribution in [-0.2, 0) is 4.79 Å². The van der Waals surface area contributed by atoms with E-state index in [9.17, 15) is 9.59 Å². The van der Waals surface area contributed by atoms with Crippen LogP contribution in [-0.4, -0.2) is 30.9 Å². The SMILES string of the molecule is C[C@H](Sc1n[nH]c(=O)n1C1CC1)C(=O)Nc1ncc(Cl)cc1Cl. The summed E-state index contributed by atoms with van der Waals surface area (Å²) < 4.78 is 1.60. The monoisotopic (exact) mass is 373 g/mol. The van der Waals surface area contributed by atoms with E-state index in [4.69, 9.17) is 23.2 Å². The Morgan fingerprint density at radius 1 is 1.52 bits per heavy atom. The molecule has 23 heavy (non-hydrogen) atoms. The Morgan fingerprint density at radius 3 is 2.91 bits per heavy atom. The van der Waals surface area contributed by atoms with E-state index >= 15 is 0 Å². The molecule has 1 aliphatic rings. The molecule has 1 amide bonds. The van der Waals surface area contributed by atoms with Gasteiger partial charge in [0.15, 0.2) is 11.0 Å². The number of anilines is 1. The van der Waals surface area contributed by atoms with Crippen molar-refractivity contribution in [3.63, 3.8) is 0 Å². The number of hydrogen-bond acceptors (Lipinski definition) is 5. The van der Waals surface area contributed by atoms with E-state index in [1.165, 1.54) is 24.0 Å². The lowest BCUT2D eigenvalue weighted by molar-refractivity contribution is -0.115. The average Bonchev–Trinajstić information content (AvgIpc) is 3.26. The molecular formula is C13H13Cl2N5O2S. The number of aromatic nitrogens is 4. The molecule has 2 aromatic rings. The quantitative estimate of drug-likeness (QED) is 0.785. The number of H-pyrrole nitrogens is 1. The number of thioether (sulfide) groups is 1. The van der Waals surface area contributed by atoms with Gasteiger partial charge in [0.25, 0.3) is 0 Å². The lowest BCUT2D eigenvalue weighted by Gasteiger charge is -2.12. The summed E-state index contributed by atoms with van der Waals surface area (Å²) in [4.78, 5) is 28.0. The number of nitrogens with zero attached hydrogens (tertiary/aromatic N) is 3. The zero-order chi connectivity index (χ0) is 16.6. The molecule has 2 aromatic heterocycles. The summed E-state index contributed by atoms with van der Waals surface area (Å²) in [5, 5.41) is 9.74. The molecule has 0 saturated heterocycles. The molecule has 1 fully saturated rings. The van der Waals surface area contributed by atoms with E-state index in [0.29, 0.717) is 10.2 Å². The molecule has 0 spiro atoms. The van der Waals surface area contributed by atoms with E-state index in [1.54, 1.807) is 11.5 Å². The van der Waals surface area contributed by atoms with E-state index in [-0.39, 0.29) is 28.5 Å². The van der Waals surface area contributed by atoms with Gasteiger partial charge in [-0.1, -0.05) is 35.0 Å². The minimum Gasteiger partial charge on any atom is -0.308 e. The van der Waals surface area contributed by atoms with Gasteiger partial charge in [-0.15, -0.1) is 5.10 Å². The Morgan fingerprint density at radius 2 is 2.26 bits per heavy atom. The second-order valence-electron chi connectivity index (χ2n) is 5.15. The number of pyridine rings is 1. The van der Waals surface area contributed by atoms with Gasteiger partial charge in [0.1, 0.15) is 0 Å². The number of halogens is 2. The van der Waals surface area contributed by atoms with Crippen molar-refractivity contribution in [1.29, 1.82) is 0 Å². The van der Waals surface area contributed by atoms with Crippen molar-refractivity contribution in [2.45, 2.75) is 36.2 Å². The van der Waals surface area contributed by atoms with Crippen molar-refractivity contribution in [2.24, 2.45) is 0 Å². The summed E-state index contributed by atoms with van der Waals surface area (Å²) in [7, 11) is 0. The third-order valence-corrected chi connectivity index (χ3v) is 4.85. The predicted molar refractivity (Wildman–Crippen MR) is 89.3 cm³/mol. The Balaban J connectivity index is 1.69. The zero-order valence-corrected chi connectivity index (χ0v) is 14.4. The highest BCUT2D eigenvalue weighted by molar-refractivity contribution is 8.00. The highest BCUT2D eigenvalue weighted by atomic mass is 35.5. The van der Waals surface area contributed by atoms with Crippen LogP contribution in [0.15, 0.2) is 22.2 Å². The zero-order valence-electron chi connectivity index (χ0n) is 12.0. The Labute approximate surface area is 145 Å². The average molecular weight is 374 g/mol. The third-order valence-electron chi connectivity index (χ3n) is 3.28. The maximum Gasteiger partial charge on any atom is 0.344 e. The van der Waals surface area contributed by atoms with Gasteiger partial charge in [-0.2, -0.15) is 0 Å². The fraction of sp³-hybridized carbons (Fsp3) is 0.385. The summed E-state index contributed by atoms with van der Waals surface area (Å²) in [5.74, 6) is -0.0420. The van der Waals surface area contributed by atoms with Gasteiger partial charge in [-0.25, -0.2) is 14.9 Å². The lowest BCUT2D eigenvalue weighted by Crippen LogP contribution is -2.24. The van der Waals surface area contributed by atoms with Crippen LogP contribution < -0.4 is 11.0 Å². The fourth-order valence-corrected chi connectivity index (χ4v) is 3.32. The summed E-state index contributed by atoms with van der Waals surface area (Å²) in [5.41, 5.74) is -0.245. The van der Waals surface area contributed by atoms with Gasteiger partial charge >= 0.3 is 5.69 Å². The number of hydrogen-bond donors (Lipinski definition) is 2. The summed E-state index contributed by atoms with van der Waals surface area (Å²) >= 11 is 13.0. The first-order valence-electron chi connectivity index (χ1n) is 6.91. The van der Waals surface area contributed by atoms with Crippen molar-refractivity contribution >= 4 is 46.7 Å². The molecule has 0 aliphatic heterocycles. The van der Waals surface area contributed by atoms with Gasteiger partial charge in [0.05, 0.1) is 15.3 Å². The Kier molecular flexibility index (Phi) is 4.65. The van der Waals surface area contributed by atoms with Crippen LogP contribution >= 0.6 is 35.0 Å². The molecule has 0 radical (unpaired) electrons. The first-order chi connectivity index (χ1) is 11.0. The van der Waals surface area contributed by atoms with Crippen LogP contribution in [0.3, 0.4) is 0 Å². The smallest absolute Gasteiger partial charge is 0.308 e. The normalized spacial score (nSPS) is 15.4. The molecule has 1 aliphatic carbocycles. The second kappa shape index (κ2) is 6.54. The summed E-state index contributed by atoms with van der Waals surface area (Å²) in [6.45, 7) is 1.72. The van der Waals surface area contributed by atoms with Gasteiger partial charge < -0.3 is 5.32 Å². The van der Waals surface area contributed by atoms with Crippen LogP contribution in [0.1, 0.15) is 25.8 Å². The summed E-state index contributed by atoms with van der Waals surface area (Å²) in [6, 6.07) is 1.69. The van der Waals surface area contributed by atoms with Crippen LogP contribution in [0.2, 0.25) is 10.0 Å². The van der Waals surface area contributed by atoms with Gasteiger partial charge in [-0.05, 0) is 25.8 Å². The van der Waals surface area contributed by atoms with Crippen molar-refractivity contribution in [2.75, 3.05) is 5.32 Å². The van der Waals surface area contributed by atoms with Crippen LogP contribution in [0, 0.1) is 0 Å². The standard InChI is InChI=1S/C13H13Cl2N5O2S/c1-6(11(21)17-10-9(15)4-7(14)5-16-10)23-13-19-18-12(22)20(13)8-2-3-8/h4-6,8H,2-3H2,1H3,(H,18,22)(H,16,17,21)/t6-/m0/s1. The van der Waals surface area contributed by atoms with E-state index in [0.717, 1.165) is 12.8 Å². The molecule has 122 valence electrons. The van der Waals surface area contributed by atoms with Crippen molar-refractivity contribution < 1.29 is 4.79 Å². The number of amides is 1. The third kappa shape index (κ3) is 3.70. The number of carbonyl (C=O) groups excluding carboxylic acids is 1. The molecule has 2 N–H and O–H groups in total. The highest BCUT2D eigenvalue weighted by Gasteiger charge is 2.30. The van der Waals surface area contributed by atoms with Crippen molar-refractivity contribution in [3.8, 4) is 0 Å². The molecule has 2 heterocycles. The molecule has 0 aromatic carbocycles. The molecular weight excluding hydrogens is 361 g/mol. The van der Waals surface area contributed by atoms with E-state index in [2.05, 4.69) is 20.5 Å². The number of nitrogens with one attached hydrogen (secondary N) is 2. The largest absolute Gasteiger partial charge is 0.344 e. The number of rotatable bonds is 5.